The van der Waals surface area contributed by atoms with Gasteiger partial charge in [-0.1, -0.05) is 29.8 Å². The van der Waals surface area contributed by atoms with Crippen molar-refractivity contribution in [1.29, 1.82) is 0 Å². The van der Waals surface area contributed by atoms with Crippen LogP contribution in [0.4, 0.5) is 0 Å². The van der Waals surface area contributed by atoms with Crippen molar-refractivity contribution in [2.75, 3.05) is 12.9 Å². The maximum Gasteiger partial charge on any atom is 0.323 e. The van der Waals surface area contributed by atoms with Gasteiger partial charge in [0.1, 0.15) is 24.2 Å². The molecule has 0 radical (unpaired) electrons. The summed E-state index contributed by atoms with van der Waals surface area (Å²) in [6.45, 7) is 3.19. The van der Waals surface area contributed by atoms with Crippen LogP contribution in [0.5, 0.6) is 5.75 Å². The lowest BCUT2D eigenvalue weighted by Gasteiger charge is -2.05. The Kier molecular flexibility index (Phi) is 5.01. The quantitative estimate of drug-likeness (QED) is 0.604. The number of rotatable bonds is 3. The smallest absolute Gasteiger partial charge is 0.323 e. The van der Waals surface area contributed by atoms with Crippen molar-refractivity contribution in [3.05, 3.63) is 60.3 Å². The van der Waals surface area contributed by atoms with Crippen LogP contribution < -0.4 is 26.3 Å². The topological polar surface area (TPSA) is 18.0 Å². The van der Waals surface area contributed by atoms with Crippen LogP contribution in [-0.2, 0) is 6.54 Å². The highest BCUT2D eigenvalue weighted by molar-refractivity contribution is 7.99. The van der Waals surface area contributed by atoms with Gasteiger partial charge in [0.15, 0.2) is 5.69 Å². The van der Waals surface area contributed by atoms with E-state index in [0.717, 1.165) is 18.0 Å². The third kappa shape index (κ3) is 2.98. The summed E-state index contributed by atoms with van der Waals surface area (Å²) in [5.41, 5.74) is 4.93. The Morgan fingerprint density at radius 3 is 2.42 bits per heavy atom. The largest absolute Gasteiger partial charge is 1.00 e. The molecule has 1 aromatic heterocycles. The second kappa shape index (κ2) is 7.03. The van der Waals surface area contributed by atoms with Crippen molar-refractivity contribution in [2.24, 2.45) is 0 Å². The van der Waals surface area contributed by atoms with Crippen molar-refractivity contribution in [3.8, 4) is 22.7 Å². The molecule has 0 spiro atoms. The summed E-state index contributed by atoms with van der Waals surface area (Å²) in [4.78, 5) is 0. The first kappa shape index (κ1) is 17.1. The van der Waals surface area contributed by atoms with Gasteiger partial charge in [0.25, 0.3) is 0 Å². The molecular weight excluding hydrogens is 384 g/mol. The van der Waals surface area contributed by atoms with Gasteiger partial charge in [-0.2, -0.15) is 4.57 Å². The van der Waals surface area contributed by atoms with E-state index in [9.17, 15) is 0 Å². The van der Waals surface area contributed by atoms with E-state index in [1.54, 1.807) is 7.11 Å². The van der Waals surface area contributed by atoms with Gasteiger partial charge < -0.3 is 21.7 Å². The number of hydrogen-bond donors (Lipinski definition) is 0. The molecular formula is C19H19BrN2OS. The summed E-state index contributed by atoms with van der Waals surface area (Å²) >= 11 is 1.91. The number of methoxy groups -OCH3 is 1. The second-order valence-electron chi connectivity index (χ2n) is 5.74. The number of aromatic nitrogens is 2. The Hall–Kier alpha value is -1.72. The Labute approximate surface area is 157 Å². The van der Waals surface area contributed by atoms with Crippen LogP contribution in [0.15, 0.2) is 59.9 Å². The van der Waals surface area contributed by atoms with Crippen molar-refractivity contribution in [1.82, 2.24) is 4.57 Å². The van der Waals surface area contributed by atoms with Gasteiger partial charge in [-0.3, -0.25) is 0 Å². The van der Waals surface area contributed by atoms with Gasteiger partial charge in [-0.15, -0.1) is 0 Å². The minimum absolute atomic E-state index is 0. The summed E-state index contributed by atoms with van der Waals surface area (Å²) in [5, 5.41) is 1.30. The Morgan fingerprint density at radius 1 is 1.04 bits per heavy atom. The summed E-state index contributed by atoms with van der Waals surface area (Å²) < 4.78 is 9.99. The lowest BCUT2D eigenvalue weighted by Crippen LogP contribution is -3.00. The fraction of sp³-hybridized carbons (Fsp3) is 0.211. The van der Waals surface area contributed by atoms with E-state index in [4.69, 9.17) is 4.74 Å². The number of thioether (sulfide) groups is 1. The average Bonchev–Trinajstić information content (AvgIpc) is 3.16. The predicted molar refractivity (Wildman–Crippen MR) is 93.4 cm³/mol. The number of fused-ring (bicyclic) bond motifs is 1. The molecule has 0 aliphatic carbocycles. The molecule has 2 aromatic carbocycles. The van der Waals surface area contributed by atoms with Crippen LogP contribution in [0.2, 0.25) is 0 Å². The number of benzene rings is 2. The van der Waals surface area contributed by atoms with E-state index in [-0.39, 0.29) is 17.0 Å². The third-order valence-electron chi connectivity index (χ3n) is 4.20. The zero-order valence-electron chi connectivity index (χ0n) is 13.7. The van der Waals surface area contributed by atoms with Gasteiger partial charge in [0, 0.05) is 11.3 Å². The van der Waals surface area contributed by atoms with Gasteiger partial charge in [0.2, 0.25) is 0 Å². The number of ether oxygens (including phenoxy) is 1. The van der Waals surface area contributed by atoms with Crippen LogP contribution in [-0.4, -0.2) is 17.4 Å². The standard InChI is InChI=1S/C19H19N2OS.BrH/c1-14-3-5-15(6-4-14)18-13-20-11-12-23-19(20)21(18)16-7-9-17(22-2)10-8-16;/h3-10,13H,11-12H2,1-2H3;1H/q+1;/p-1. The van der Waals surface area contributed by atoms with Gasteiger partial charge >= 0.3 is 5.16 Å². The van der Waals surface area contributed by atoms with Gasteiger partial charge in [-0.25, -0.2) is 4.57 Å². The van der Waals surface area contributed by atoms with Crippen molar-refractivity contribution >= 4 is 11.8 Å². The Bertz CT molecular complexity index is 841. The predicted octanol–water partition coefficient (Wildman–Crippen LogP) is 0.859. The molecule has 24 heavy (non-hydrogen) atoms. The monoisotopic (exact) mass is 402 g/mol. The first-order valence-electron chi connectivity index (χ1n) is 7.76. The molecule has 3 nitrogen and oxygen atoms in total. The molecule has 0 amide bonds. The summed E-state index contributed by atoms with van der Waals surface area (Å²) in [7, 11) is 1.70. The van der Waals surface area contributed by atoms with Crippen LogP contribution in [0.1, 0.15) is 5.56 Å². The minimum atomic E-state index is 0. The maximum atomic E-state index is 5.29. The van der Waals surface area contributed by atoms with Crippen LogP contribution in [0, 0.1) is 6.92 Å². The van der Waals surface area contributed by atoms with E-state index < -0.39 is 0 Å². The number of aryl methyl sites for hydroxylation is 2. The third-order valence-corrected chi connectivity index (χ3v) is 5.26. The molecule has 3 aromatic rings. The molecule has 4 rings (SSSR count). The maximum absolute atomic E-state index is 5.29. The molecule has 0 fully saturated rings. The molecule has 1 aliphatic heterocycles. The fourth-order valence-electron chi connectivity index (χ4n) is 2.94. The van der Waals surface area contributed by atoms with E-state index in [1.807, 2.05) is 23.9 Å². The van der Waals surface area contributed by atoms with Crippen molar-refractivity contribution in [2.45, 2.75) is 18.6 Å². The SMILES string of the molecule is COc1ccc(-n2c(-c3ccc(C)cc3)c[n+]3c2SCC3)cc1.[Br-]. The second-order valence-corrected chi connectivity index (χ2v) is 6.80. The molecule has 0 N–H and O–H groups in total. The van der Waals surface area contributed by atoms with E-state index in [1.165, 1.54) is 27.7 Å². The van der Waals surface area contributed by atoms with Gasteiger partial charge in [-0.05, 0) is 43.0 Å². The van der Waals surface area contributed by atoms with Crippen LogP contribution >= 0.6 is 11.8 Å². The average molecular weight is 403 g/mol. The minimum Gasteiger partial charge on any atom is -1.00 e. The van der Waals surface area contributed by atoms with Crippen LogP contribution in [0.25, 0.3) is 16.9 Å². The highest BCUT2D eigenvalue weighted by Crippen LogP contribution is 2.32. The molecule has 1 aliphatic rings. The first-order valence-corrected chi connectivity index (χ1v) is 8.74. The van der Waals surface area contributed by atoms with Crippen molar-refractivity contribution in [3.63, 3.8) is 0 Å². The Balaban J connectivity index is 0.00000169. The molecule has 2 heterocycles. The normalized spacial score (nSPS) is 12.6. The first-order chi connectivity index (χ1) is 11.3. The van der Waals surface area contributed by atoms with Gasteiger partial charge in [0.05, 0.1) is 7.11 Å². The number of imidazole rings is 1. The molecule has 0 unspecified atom stereocenters. The fourth-order valence-corrected chi connectivity index (χ4v) is 4.06. The lowest BCUT2D eigenvalue weighted by molar-refractivity contribution is -0.723. The number of hydrogen-bond acceptors (Lipinski definition) is 2. The zero-order chi connectivity index (χ0) is 15.8. The molecule has 0 saturated carbocycles. The van der Waals surface area contributed by atoms with E-state index in [2.05, 4.69) is 58.7 Å². The van der Waals surface area contributed by atoms with Crippen LogP contribution in [0.3, 0.4) is 0 Å². The van der Waals surface area contributed by atoms with Crippen molar-refractivity contribution < 1.29 is 26.3 Å². The molecule has 124 valence electrons. The Morgan fingerprint density at radius 2 is 1.75 bits per heavy atom. The summed E-state index contributed by atoms with van der Waals surface area (Å²) in [5.74, 6) is 2.02. The number of nitrogens with zero attached hydrogens (tertiary/aromatic N) is 2. The molecule has 0 saturated heterocycles. The molecule has 0 bridgehead atoms. The molecule has 5 heteroatoms. The summed E-state index contributed by atoms with van der Waals surface area (Å²) in [6, 6.07) is 17.0. The highest BCUT2D eigenvalue weighted by atomic mass is 79.9. The highest BCUT2D eigenvalue weighted by Gasteiger charge is 2.30. The van der Waals surface area contributed by atoms with E-state index in [0.29, 0.717) is 0 Å². The van der Waals surface area contributed by atoms with E-state index >= 15 is 0 Å². The summed E-state index contributed by atoms with van der Waals surface area (Å²) in [6.07, 6.45) is 2.27. The number of halogens is 1. The lowest BCUT2D eigenvalue weighted by atomic mass is 10.1. The molecule has 0 atom stereocenters. The zero-order valence-corrected chi connectivity index (χ0v) is 16.1.